The van der Waals surface area contributed by atoms with Crippen molar-refractivity contribution in [3.63, 3.8) is 0 Å². The van der Waals surface area contributed by atoms with Crippen molar-refractivity contribution < 1.29 is 4.42 Å². The standard InChI is InChI=1S/C18H12Cl2O2/c1-11-8-16(12-4-2-6-14(19)9-12)17(22-18(11)21)13-5-3-7-15(20)10-13/h2-10H,1H3. The van der Waals surface area contributed by atoms with Crippen molar-refractivity contribution in [3.05, 3.63) is 80.6 Å². The molecule has 110 valence electrons. The number of aryl methyl sites for hydroxylation is 1. The van der Waals surface area contributed by atoms with Crippen molar-refractivity contribution in [3.8, 4) is 22.5 Å². The summed E-state index contributed by atoms with van der Waals surface area (Å²) in [7, 11) is 0. The van der Waals surface area contributed by atoms with Gasteiger partial charge >= 0.3 is 5.63 Å². The maximum Gasteiger partial charge on any atom is 0.339 e. The molecule has 0 atom stereocenters. The average molecular weight is 331 g/mol. The fraction of sp³-hybridized carbons (Fsp3) is 0.0556. The Balaban J connectivity index is 2.30. The Labute approximate surface area is 137 Å². The van der Waals surface area contributed by atoms with Crippen LogP contribution in [-0.2, 0) is 0 Å². The molecule has 0 amide bonds. The summed E-state index contributed by atoms with van der Waals surface area (Å²) < 4.78 is 5.52. The highest BCUT2D eigenvalue weighted by atomic mass is 35.5. The molecule has 0 aliphatic carbocycles. The van der Waals surface area contributed by atoms with Gasteiger partial charge in [-0.15, -0.1) is 0 Å². The van der Waals surface area contributed by atoms with Crippen LogP contribution >= 0.6 is 23.2 Å². The lowest BCUT2D eigenvalue weighted by molar-refractivity contribution is 0.522. The molecule has 0 aliphatic rings. The summed E-state index contributed by atoms with van der Waals surface area (Å²) in [5, 5.41) is 1.20. The summed E-state index contributed by atoms with van der Waals surface area (Å²) in [6.45, 7) is 1.72. The molecule has 4 heteroatoms. The van der Waals surface area contributed by atoms with Gasteiger partial charge in [-0.2, -0.15) is 0 Å². The highest BCUT2D eigenvalue weighted by Crippen LogP contribution is 2.33. The van der Waals surface area contributed by atoms with E-state index in [2.05, 4.69) is 0 Å². The Morgan fingerprint density at radius 1 is 0.864 bits per heavy atom. The molecular formula is C18H12Cl2O2. The molecule has 0 fully saturated rings. The van der Waals surface area contributed by atoms with Crippen LogP contribution in [0, 0.1) is 6.92 Å². The van der Waals surface area contributed by atoms with E-state index in [9.17, 15) is 4.79 Å². The predicted molar refractivity (Wildman–Crippen MR) is 90.6 cm³/mol. The second kappa shape index (κ2) is 5.99. The quantitative estimate of drug-likeness (QED) is 0.613. The molecule has 3 rings (SSSR count). The van der Waals surface area contributed by atoms with Gasteiger partial charge in [-0.05, 0) is 42.8 Å². The van der Waals surface area contributed by atoms with Crippen molar-refractivity contribution in [2.75, 3.05) is 0 Å². The number of benzene rings is 2. The summed E-state index contributed by atoms with van der Waals surface area (Å²) in [6.07, 6.45) is 0. The fourth-order valence-electron chi connectivity index (χ4n) is 2.28. The highest BCUT2D eigenvalue weighted by Gasteiger charge is 2.13. The first kappa shape index (κ1) is 14.9. The SMILES string of the molecule is Cc1cc(-c2cccc(Cl)c2)c(-c2cccc(Cl)c2)oc1=O. The van der Waals surface area contributed by atoms with Crippen molar-refractivity contribution in [2.24, 2.45) is 0 Å². The van der Waals surface area contributed by atoms with E-state index in [4.69, 9.17) is 27.6 Å². The molecule has 22 heavy (non-hydrogen) atoms. The Morgan fingerprint density at radius 3 is 2.09 bits per heavy atom. The third-order valence-corrected chi connectivity index (χ3v) is 3.81. The van der Waals surface area contributed by atoms with Crippen LogP contribution in [0.5, 0.6) is 0 Å². The number of rotatable bonds is 2. The summed E-state index contributed by atoms with van der Waals surface area (Å²) in [5.74, 6) is 0.486. The molecule has 0 unspecified atom stereocenters. The molecule has 0 saturated heterocycles. The molecule has 3 aromatic rings. The molecule has 0 aliphatic heterocycles. The Hall–Kier alpha value is -2.03. The zero-order valence-electron chi connectivity index (χ0n) is 11.8. The zero-order valence-corrected chi connectivity index (χ0v) is 13.3. The fourth-order valence-corrected chi connectivity index (χ4v) is 2.66. The third kappa shape index (κ3) is 2.94. The van der Waals surface area contributed by atoms with Gasteiger partial charge in [-0.1, -0.05) is 47.5 Å². The number of halogens is 2. The molecule has 0 bridgehead atoms. The van der Waals surface area contributed by atoms with Gasteiger partial charge in [0.25, 0.3) is 0 Å². The minimum atomic E-state index is -0.360. The minimum Gasteiger partial charge on any atom is -0.422 e. The smallest absolute Gasteiger partial charge is 0.339 e. The summed E-state index contributed by atoms with van der Waals surface area (Å²) >= 11 is 12.1. The normalized spacial score (nSPS) is 10.7. The van der Waals surface area contributed by atoms with Crippen molar-refractivity contribution in [1.29, 1.82) is 0 Å². The predicted octanol–water partition coefficient (Wildman–Crippen LogP) is 5.59. The first-order chi connectivity index (χ1) is 10.5. The Kier molecular flexibility index (Phi) is 4.06. The van der Waals surface area contributed by atoms with Crippen molar-refractivity contribution in [2.45, 2.75) is 6.92 Å². The molecule has 0 radical (unpaired) electrons. The van der Waals surface area contributed by atoms with Gasteiger partial charge < -0.3 is 4.42 Å². The Morgan fingerprint density at radius 2 is 1.45 bits per heavy atom. The van der Waals surface area contributed by atoms with Crippen LogP contribution in [0.15, 0.2) is 63.8 Å². The lowest BCUT2D eigenvalue weighted by Gasteiger charge is -2.10. The monoisotopic (exact) mass is 330 g/mol. The second-order valence-electron chi connectivity index (χ2n) is 4.98. The molecule has 1 heterocycles. The van der Waals surface area contributed by atoms with Gasteiger partial charge in [-0.3, -0.25) is 0 Å². The molecular weight excluding hydrogens is 319 g/mol. The van der Waals surface area contributed by atoms with E-state index in [1.165, 1.54) is 0 Å². The topological polar surface area (TPSA) is 30.2 Å². The summed E-state index contributed by atoms with van der Waals surface area (Å²) in [4.78, 5) is 11.9. The number of hydrogen-bond donors (Lipinski definition) is 0. The summed E-state index contributed by atoms with van der Waals surface area (Å²) in [6, 6.07) is 16.5. The molecule has 0 N–H and O–H groups in total. The number of hydrogen-bond acceptors (Lipinski definition) is 2. The van der Waals surface area contributed by atoms with E-state index in [0.717, 1.165) is 16.7 Å². The van der Waals surface area contributed by atoms with Gasteiger partial charge in [0.2, 0.25) is 0 Å². The second-order valence-corrected chi connectivity index (χ2v) is 5.85. The summed E-state index contributed by atoms with van der Waals surface area (Å²) in [5.41, 5.74) is 2.62. The third-order valence-electron chi connectivity index (χ3n) is 3.34. The first-order valence-corrected chi connectivity index (χ1v) is 7.47. The first-order valence-electron chi connectivity index (χ1n) is 6.71. The zero-order chi connectivity index (χ0) is 15.7. The van der Waals surface area contributed by atoms with Gasteiger partial charge in [-0.25, -0.2) is 4.79 Å². The minimum absolute atomic E-state index is 0.360. The van der Waals surface area contributed by atoms with Gasteiger partial charge in [0.1, 0.15) is 5.76 Å². The van der Waals surface area contributed by atoms with Crippen LogP contribution in [0.1, 0.15) is 5.56 Å². The molecule has 0 spiro atoms. The average Bonchev–Trinajstić information content (AvgIpc) is 2.49. The lowest BCUT2D eigenvalue weighted by Crippen LogP contribution is -2.04. The van der Waals surface area contributed by atoms with Crippen molar-refractivity contribution in [1.82, 2.24) is 0 Å². The van der Waals surface area contributed by atoms with Gasteiger partial charge in [0, 0.05) is 26.7 Å². The highest BCUT2D eigenvalue weighted by molar-refractivity contribution is 6.31. The van der Waals surface area contributed by atoms with Gasteiger partial charge in [0.05, 0.1) is 0 Å². The van der Waals surface area contributed by atoms with Crippen LogP contribution in [0.25, 0.3) is 22.5 Å². The Bertz CT molecular complexity index is 898. The van der Waals surface area contributed by atoms with E-state index in [1.807, 2.05) is 36.4 Å². The van der Waals surface area contributed by atoms with Crippen molar-refractivity contribution >= 4 is 23.2 Å². The maximum absolute atomic E-state index is 11.9. The van der Waals surface area contributed by atoms with Crippen LogP contribution in [0.4, 0.5) is 0 Å². The van der Waals surface area contributed by atoms with Crippen LogP contribution in [-0.4, -0.2) is 0 Å². The van der Waals surface area contributed by atoms with Gasteiger partial charge in [0.15, 0.2) is 0 Å². The van der Waals surface area contributed by atoms with Crippen LogP contribution in [0.2, 0.25) is 10.0 Å². The van der Waals surface area contributed by atoms with E-state index in [-0.39, 0.29) is 5.63 Å². The van der Waals surface area contributed by atoms with E-state index < -0.39 is 0 Å². The lowest BCUT2D eigenvalue weighted by atomic mass is 9.99. The molecule has 0 saturated carbocycles. The van der Waals surface area contributed by atoms with E-state index >= 15 is 0 Å². The van der Waals surface area contributed by atoms with E-state index in [0.29, 0.717) is 21.4 Å². The molecule has 2 nitrogen and oxygen atoms in total. The van der Waals surface area contributed by atoms with Crippen LogP contribution < -0.4 is 5.63 Å². The molecule has 2 aromatic carbocycles. The van der Waals surface area contributed by atoms with E-state index in [1.54, 1.807) is 25.1 Å². The largest absolute Gasteiger partial charge is 0.422 e. The van der Waals surface area contributed by atoms with Crippen LogP contribution in [0.3, 0.4) is 0 Å². The maximum atomic E-state index is 11.9. The molecule has 1 aromatic heterocycles.